The summed E-state index contributed by atoms with van der Waals surface area (Å²) in [7, 11) is 0. The van der Waals surface area contributed by atoms with Gasteiger partial charge in [-0.05, 0) is 36.6 Å². The van der Waals surface area contributed by atoms with Crippen molar-refractivity contribution in [2.75, 3.05) is 5.75 Å². The summed E-state index contributed by atoms with van der Waals surface area (Å²) in [6, 6.07) is 7.79. The number of dihydropyridines is 1. The molecule has 1 aliphatic carbocycles. The first-order valence-corrected chi connectivity index (χ1v) is 11.6. The lowest BCUT2D eigenvalue weighted by atomic mass is 9.77. The van der Waals surface area contributed by atoms with Gasteiger partial charge in [0, 0.05) is 17.7 Å². The molecule has 0 aromatic heterocycles. The molecule has 28 heavy (non-hydrogen) atoms. The van der Waals surface area contributed by atoms with Gasteiger partial charge < -0.3 is 5.32 Å². The largest absolute Gasteiger partial charge is 0.352 e. The van der Waals surface area contributed by atoms with E-state index in [0.29, 0.717) is 27.6 Å². The molecule has 1 aromatic rings. The Kier molecular flexibility index (Phi) is 7.51. The van der Waals surface area contributed by atoms with E-state index in [4.69, 9.17) is 23.2 Å². The molecule has 0 saturated carbocycles. The summed E-state index contributed by atoms with van der Waals surface area (Å²) in [5, 5.41) is 15.1. The van der Waals surface area contributed by atoms with Crippen molar-refractivity contribution < 1.29 is 4.79 Å². The van der Waals surface area contributed by atoms with Crippen LogP contribution in [-0.2, 0) is 4.79 Å². The number of carbonyl (C=O) groups excluding carboxylic acids is 1. The minimum atomic E-state index is -0.446. The minimum absolute atomic E-state index is 0.0922. The number of benzene rings is 1. The molecule has 1 unspecified atom stereocenters. The van der Waals surface area contributed by atoms with Gasteiger partial charge in [-0.25, -0.2) is 0 Å². The Morgan fingerprint density at radius 1 is 1.25 bits per heavy atom. The molecule has 1 N–H and O–H groups in total. The third-order valence-electron chi connectivity index (χ3n) is 5.20. The number of nitrogens with zero attached hydrogens (tertiary/aromatic N) is 1. The Balaban J connectivity index is 2.00. The average Bonchev–Trinajstić information content (AvgIpc) is 2.69. The van der Waals surface area contributed by atoms with Crippen LogP contribution < -0.4 is 5.32 Å². The summed E-state index contributed by atoms with van der Waals surface area (Å²) in [6.07, 6.45) is 6.87. The number of nitrogens with one attached hydrogen (secondary N) is 1. The van der Waals surface area contributed by atoms with Crippen molar-refractivity contribution in [1.29, 1.82) is 5.26 Å². The average molecular weight is 435 g/mol. The highest BCUT2D eigenvalue weighted by Crippen LogP contribution is 2.46. The molecule has 0 amide bonds. The fourth-order valence-corrected chi connectivity index (χ4v) is 5.28. The molecule has 0 fully saturated rings. The van der Waals surface area contributed by atoms with Gasteiger partial charge in [0.05, 0.1) is 32.6 Å². The first-order chi connectivity index (χ1) is 13.6. The van der Waals surface area contributed by atoms with Crippen LogP contribution in [0.2, 0.25) is 10.0 Å². The normalized spacial score (nSPS) is 19.4. The van der Waals surface area contributed by atoms with E-state index in [9.17, 15) is 10.1 Å². The van der Waals surface area contributed by atoms with E-state index in [1.165, 1.54) is 19.3 Å². The predicted molar refractivity (Wildman–Crippen MR) is 117 cm³/mol. The molecule has 0 spiro atoms. The molecule has 0 bridgehead atoms. The fourth-order valence-electron chi connectivity index (χ4n) is 3.79. The molecule has 0 radical (unpaired) electrons. The molecule has 1 aliphatic heterocycles. The maximum Gasteiger partial charge on any atom is 0.161 e. The summed E-state index contributed by atoms with van der Waals surface area (Å²) in [5.41, 5.74) is 2.92. The summed E-state index contributed by atoms with van der Waals surface area (Å²) in [4.78, 5) is 12.8. The van der Waals surface area contributed by atoms with Crippen molar-refractivity contribution in [3.8, 4) is 6.07 Å². The lowest BCUT2D eigenvalue weighted by Gasteiger charge is -2.33. The van der Waals surface area contributed by atoms with Crippen LogP contribution in [0.1, 0.15) is 63.4 Å². The van der Waals surface area contributed by atoms with Gasteiger partial charge in [0.2, 0.25) is 0 Å². The van der Waals surface area contributed by atoms with Crippen molar-refractivity contribution in [2.24, 2.45) is 0 Å². The first-order valence-electron chi connectivity index (χ1n) is 9.82. The Morgan fingerprint density at radius 3 is 2.82 bits per heavy atom. The van der Waals surface area contributed by atoms with Crippen LogP contribution in [0.15, 0.2) is 40.1 Å². The number of halogens is 2. The van der Waals surface area contributed by atoms with Crippen molar-refractivity contribution in [1.82, 2.24) is 5.32 Å². The Labute approximate surface area is 181 Å². The lowest BCUT2D eigenvalue weighted by molar-refractivity contribution is -0.116. The quantitative estimate of drug-likeness (QED) is 0.482. The monoisotopic (exact) mass is 434 g/mol. The molecule has 0 saturated heterocycles. The number of hydrogen-bond donors (Lipinski definition) is 1. The van der Waals surface area contributed by atoms with E-state index in [-0.39, 0.29) is 5.78 Å². The Hall–Kier alpha value is -1.41. The van der Waals surface area contributed by atoms with Crippen LogP contribution in [0.4, 0.5) is 0 Å². The van der Waals surface area contributed by atoms with Gasteiger partial charge in [-0.3, -0.25) is 4.79 Å². The van der Waals surface area contributed by atoms with Crippen molar-refractivity contribution in [3.63, 3.8) is 0 Å². The van der Waals surface area contributed by atoms with E-state index >= 15 is 0 Å². The van der Waals surface area contributed by atoms with Crippen LogP contribution in [0.25, 0.3) is 0 Å². The highest BCUT2D eigenvalue weighted by Gasteiger charge is 2.38. The van der Waals surface area contributed by atoms with Crippen molar-refractivity contribution in [3.05, 3.63) is 55.7 Å². The van der Waals surface area contributed by atoms with Crippen LogP contribution in [0.5, 0.6) is 0 Å². The van der Waals surface area contributed by atoms with Crippen LogP contribution in [-0.4, -0.2) is 11.5 Å². The number of thioether (sulfide) groups is 1. The molecular formula is C22H24Cl2N2OS. The molecule has 3 nitrogen and oxygen atoms in total. The van der Waals surface area contributed by atoms with Crippen molar-refractivity contribution in [2.45, 2.75) is 57.8 Å². The van der Waals surface area contributed by atoms with Gasteiger partial charge >= 0.3 is 0 Å². The van der Waals surface area contributed by atoms with E-state index in [1.807, 2.05) is 12.1 Å². The maximum absolute atomic E-state index is 12.8. The van der Waals surface area contributed by atoms with Crippen molar-refractivity contribution >= 4 is 40.7 Å². The van der Waals surface area contributed by atoms with Gasteiger partial charge in [-0.15, -0.1) is 11.8 Å². The molecule has 1 aromatic carbocycles. The zero-order valence-corrected chi connectivity index (χ0v) is 18.3. The molecule has 148 valence electrons. The Bertz CT molecular complexity index is 870. The number of hydrogen-bond acceptors (Lipinski definition) is 4. The topological polar surface area (TPSA) is 52.9 Å². The minimum Gasteiger partial charge on any atom is -0.352 e. The summed E-state index contributed by atoms with van der Waals surface area (Å²) in [6.45, 7) is 2.19. The number of rotatable bonds is 7. The summed E-state index contributed by atoms with van der Waals surface area (Å²) >= 11 is 14.4. The molecule has 3 rings (SSSR count). The number of allylic oxidation sites excluding steroid dienone is 3. The van der Waals surface area contributed by atoms with Gasteiger partial charge in [0.1, 0.15) is 0 Å². The fraction of sp³-hybridized carbons (Fsp3) is 0.455. The number of ketones is 1. The third-order valence-corrected chi connectivity index (χ3v) is 7.14. The lowest BCUT2D eigenvalue weighted by Crippen LogP contribution is -2.31. The highest BCUT2D eigenvalue weighted by atomic mass is 35.5. The summed E-state index contributed by atoms with van der Waals surface area (Å²) < 4.78 is 0. The van der Waals surface area contributed by atoms with Gasteiger partial charge in [0.15, 0.2) is 5.78 Å². The number of Topliss-reactive ketones (excluding diaryl/α,β-unsaturated/α-hetero) is 1. The van der Waals surface area contributed by atoms with E-state index in [2.05, 4.69) is 18.3 Å². The summed E-state index contributed by atoms with van der Waals surface area (Å²) in [5.74, 6) is 0.591. The molecule has 2 aliphatic rings. The highest BCUT2D eigenvalue weighted by molar-refractivity contribution is 8.03. The molecular weight excluding hydrogens is 411 g/mol. The van der Waals surface area contributed by atoms with E-state index < -0.39 is 5.92 Å². The third kappa shape index (κ3) is 4.43. The maximum atomic E-state index is 12.8. The zero-order valence-electron chi connectivity index (χ0n) is 16.0. The van der Waals surface area contributed by atoms with Crippen LogP contribution >= 0.6 is 35.0 Å². The van der Waals surface area contributed by atoms with Gasteiger partial charge in [0.25, 0.3) is 0 Å². The second-order valence-electron chi connectivity index (χ2n) is 7.13. The second kappa shape index (κ2) is 9.87. The first kappa shape index (κ1) is 21.3. The Morgan fingerprint density at radius 2 is 2.07 bits per heavy atom. The molecule has 1 heterocycles. The predicted octanol–water partition coefficient (Wildman–Crippen LogP) is 6.74. The van der Waals surface area contributed by atoms with Crippen LogP contribution in [0.3, 0.4) is 0 Å². The van der Waals surface area contributed by atoms with Crippen LogP contribution in [0, 0.1) is 11.3 Å². The SMILES string of the molecule is CCCCCCSC1=C(C#N)C(c2cccc(Cl)c2Cl)C2=C(CCCC2=O)N1. The number of unbranched alkanes of at least 4 members (excludes halogenated alkanes) is 3. The molecule has 1 atom stereocenters. The molecule has 6 heteroatoms. The standard InChI is InChI=1S/C22H24Cl2N2OS/c1-2-3-4-5-12-28-22-15(13-25)19(14-8-6-9-16(23)21(14)24)20-17(26-22)10-7-11-18(20)27/h6,8-9,19,26H,2-5,7,10-12H2,1H3. The van der Waals surface area contributed by atoms with E-state index in [0.717, 1.165) is 41.3 Å². The van der Waals surface area contributed by atoms with Gasteiger partial charge in [-0.2, -0.15) is 5.26 Å². The smallest absolute Gasteiger partial charge is 0.161 e. The van der Waals surface area contributed by atoms with Gasteiger partial charge in [-0.1, -0.05) is 61.5 Å². The number of nitriles is 1. The number of carbonyl (C=O) groups is 1. The second-order valence-corrected chi connectivity index (χ2v) is 9.02. The van der Waals surface area contributed by atoms with E-state index in [1.54, 1.807) is 17.8 Å². The zero-order chi connectivity index (χ0) is 20.1.